The number of benzene rings is 1. The van der Waals surface area contributed by atoms with Crippen LogP contribution >= 0.6 is 0 Å². The van der Waals surface area contributed by atoms with Crippen molar-refractivity contribution in [1.29, 1.82) is 0 Å². The number of hydrogen-bond donors (Lipinski definition) is 3. The van der Waals surface area contributed by atoms with Crippen molar-refractivity contribution < 1.29 is 36.0 Å². The summed E-state index contributed by atoms with van der Waals surface area (Å²) in [6, 6.07) is 5.48. The monoisotopic (exact) mass is 245 g/mol. The molecule has 1 rings (SSSR count). The van der Waals surface area contributed by atoms with Gasteiger partial charge in [-0.25, -0.2) is 9.59 Å². The standard InChI is InChI=1S/C8H6O4.Cu.H2N/c9-7(10)5-3-1-2-4-6(5)8(11)12;;/h1-4H,(H,9,10)(H,11,12);;1H2/q;+1;-1. The molecule has 0 heterocycles. The van der Waals surface area contributed by atoms with Crippen molar-refractivity contribution in [2.45, 2.75) is 0 Å². The Bertz CT molecular complexity index is 307. The first-order valence-corrected chi connectivity index (χ1v) is 3.90. The molecule has 0 unspecified atom stereocenters. The van der Waals surface area contributed by atoms with Gasteiger partial charge in [0, 0.05) is 0 Å². The molecule has 0 fully saturated rings. The second kappa shape index (κ2) is 6.15. The third kappa shape index (κ3) is 3.18. The molecule has 0 aliphatic heterocycles. The average Bonchev–Trinajstić information content (AvgIpc) is 2.20. The van der Waals surface area contributed by atoms with Gasteiger partial charge in [0.2, 0.25) is 0 Å². The van der Waals surface area contributed by atoms with E-state index in [2.05, 4.69) is 21.0 Å². The fraction of sp³-hybridized carbons (Fsp3) is 0. The van der Waals surface area contributed by atoms with Crippen LogP contribution in [0.1, 0.15) is 20.7 Å². The van der Waals surface area contributed by atoms with Gasteiger partial charge in [0.1, 0.15) is 0 Å². The maximum absolute atomic E-state index is 10.5. The number of rotatable bonds is 2. The minimum absolute atomic E-state index is 0.190. The Hall–Kier alpha value is -1.36. The second-order valence-corrected chi connectivity index (χ2v) is 2.16. The van der Waals surface area contributed by atoms with Gasteiger partial charge in [-0.3, -0.25) is 0 Å². The Kier molecular flexibility index (Phi) is 5.55. The van der Waals surface area contributed by atoms with Crippen LogP contribution in [-0.2, 0) is 16.2 Å². The van der Waals surface area contributed by atoms with Crippen molar-refractivity contribution in [2.24, 2.45) is 4.75 Å². The van der Waals surface area contributed by atoms with E-state index < -0.39 is 11.9 Å². The van der Waals surface area contributed by atoms with E-state index in [-0.39, 0.29) is 11.1 Å². The molecule has 0 spiro atoms. The minimum atomic E-state index is -1.23. The third-order valence-corrected chi connectivity index (χ3v) is 1.39. The van der Waals surface area contributed by atoms with Crippen LogP contribution in [0.5, 0.6) is 0 Å². The number of carboxylic acids is 2. The summed E-state index contributed by atoms with van der Waals surface area (Å²) < 4.78 is 4.06. The molecule has 0 radical (unpaired) electrons. The second-order valence-electron chi connectivity index (χ2n) is 2.16. The van der Waals surface area contributed by atoms with E-state index in [4.69, 9.17) is 10.2 Å². The fourth-order valence-corrected chi connectivity index (χ4v) is 0.856. The van der Waals surface area contributed by atoms with Gasteiger partial charge in [-0.15, -0.1) is 0 Å². The molecule has 0 saturated carbocycles. The molecule has 14 heavy (non-hydrogen) atoms. The van der Waals surface area contributed by atoms with E-state index in [1.165, 1.54) is 24.3 Å². The first-order chi connectivity index (χ1) is 6.63. The van der Waals surface area contributed by atoms with Crippen molar-refractivity contribution in [2.75, 3.05) is 0 Å². The van der Waals surface area contributed by atoms with Crippen LogP contribution in [0.15, 0.2) is 24.3 Å². The van der Waals surface area contributed by atoms with Crippen molar-refractivity contribution in [3.63, 3.8) is 0 Å². The normalized spacial score (nSPS) is 8.50. The Labute approximate surface area is 88.6 Å². The van der Waals surface area contributed by atoms with Crippen LogP contribution in [-0.4, -0.2) is 22.2 Å². The van der Waals surface area contributed by atoms with Crippen LogP contribution in [0.4, 0.5) is 0 Å². The van der Waals surface area contributed by atoms with E-state index in [1.807, 2.05) is 0 Å². The van der Waals surface area contributed by atoms with Crippen LogP contribution in [0.3, 0.4) is 0 Å². The quantitative estimate of drug-likeness (QED) is 0.659. The van der Waals surface area contributed by atoms with E-state index in [0.717, 1.165) is 0 Å². The molecule has 0 aromatic heterocycles. The van der Waals surface area contributed by atoms with Gasteiger partial charge in [-0.2, -0.15) is 0 Å². The molecule has 1 aromatic carbocycles. The zero-order valence-corrected chi connectivity index (χ0v) is 7.84. The molecular weight excluding hydrogens is 238 g/mol. The summed E-state index contributed by atoms with van der Waals surface area (Å²) in [6.07, 6.45) is 0. The molecule has 0 aliphatic carbocycles. The number of nitrogens with two attached hydrogens (primary N) is 1. The molecule has 1 aromatic rings. The summed E-state index contributed by atoms with van der Waals surface area (Å²) in [5.74, 6) is -2.46. The molecule has 0 atom stereocenters. The zero-order chi connectivity index (χ0) is 11.1. The predicted molar refractivity (Wildman–Crippen MR) is 44.5 cm³/mol. The van der Waals surface area contributed by atoms with Gasteiger partial charge >= 0.3 is 32.9 Å². The average molecular weight is 246 g/mol. The first-order valence-electron chi connectivity index (χ1n) is 3.36. The number of hydrogen-bond acceptors (Lipinski definition) is 3. The summed E-state index contributed by atoms with van der Waals surface area (Å²) in [6.45, 7) is 0. The third-order valence-electron chi connectivity index (χ3n) is 1.39. The van der Waals surface area contributed by atoms with Gasteiger partial charge in [-0.05, 0) is 12.1 Å². The van der Waals surface area contributed by atoms with E-state index >= 15 is 0 Å². The van der Waals surface area contributed by atoms with Crippen molar-refractivity contribution in [3.05, 3.63) is 35.4 Å². The van der Waals surface area contributed by atoms with Gasteiger partial charge in [0.05, 0.1) is 11.1 Å². The van der Waals surface area contributed by atoms with Gasteiger partial charge < -0.3 is 10.2 Å². The predicted octanol–water partition coefficient (Wildman–Crippen LogP) is 0.490. The van der Waals surface area contributed by atoms with E-state index in [0.29, 0.717) is 0 Å². The SMILES string of the molecule is O=C(O)c1ccccc1C(=O)O.[NH2][Cu]. The summed E-state index contributed by atoms with van der Waals surface area (Å²) in [5, 5.41) is 17.1. The topological polar surface area (TPSA) is 101 Å². The zero-order valence-electron chi connectivity index (χ0n) is 6.90. The van der Waals surface area contributed by atoms with Gasteiger partial charge in [0.25, 0.3) is 0 Å². The summed E-state index contributed by atoms with van der Waals surface area (Å²) in [7, 11) is 0. The molecular formula is C8H8CuNO4. The molecule has 0 amide bonds. The van der Waals surface area contributed by atoms with Gasteiger partial charge in [0.15, 0.2) is 0 Å². The molecule has 6 heteroatoms. The van der Waals surface area contributed by atoms with Crippen LogP contribution in [0.2, 0.25) is 0 Å². The molecule has 0 bridgehead atoms. The van der Waals surface area contributed by atoms with Crippen molar-refractivity contribution in [3.8, 4) is 0 Å². The van der Waals surface area contributed by atoms with E-state index in [9.17, 15) is 9.59 Å². The summed E-state index contributed by atoms with van der Waals surface area (Å²) in [5.41, 5.74) is -0.380. The van der Waals surface area contributed by atoms with Crippen LogP contribution < -0.4 is 4.75 Å². The molecule has 0 saturated heterocycles. The number of carboxylic acid groups (broad SMARTS) is 2. The fourth-order valence-electron chi connectivity index (χ4n) is 0.856. The van der Waals surface area contributed by atoms with Crippen LogP contribution in [0, 0.1) is 0 Å². The molecule has 5 nitrogen and oxygen atoms in total. The molecule has 0 aliphatic rings. The number of carbonyl (C=O) groups is 2. The Balaban J connectivity index is 0.000000791. The maximum atomic E-state index is 10.5. The summed E-state index contributed by atoms with van der Waals surface area (Å²) in [4.78, 5) is 20.9. The summed E-state index contributed by atoms with van der Waals surface area (Å²) >= 11 is 3.69. The van der Waals surface area contributed by atoms with Crippen molar-refractivity contribution in [1.82, 2.24) is 0 Å². The van der Waals surface area contributed by atoms with Crippen LogP contribution in [0.25, 0.3) is 0 Å². The van der Waals surface area contributed by atoms with E-state index in [1.54, 1.807) is 0 Å². The Morgan fingerprint density at radius 1 is 1.00 bits per heavy atom. The van der Waals surface area contributed by atoms with Gasteiger partial charge in [-0.1, -0.05) is 12.1 Å². The number of aromatic carboxylic acids is 2. The Morgan fingerprint density at radius 2 is 1.29 bits per heavy atom. The van der Waals surface area contributed by atoms with Crippen molar-refractivity contribution >= 4 is 11.9 Å². The Morgan fingerprint density at radius 3 is 1.50 bits per heavy atom. The molecule has 4 N–H and O–H groups in total. The first kappa shape index (κ1) is 12.6. The molecule has 80 valence electrons.